The number of nitrogens with zero attached hydrogens (tertiary/aromatic N) is 1. The molecule has 15 heavy (non-hydrogen) atoms. The first-order valence-corrected chi connectivity index (χ1v) is 6.15. The van der Waals surface area contributed by atoms with E-state index in [1.165, 1.54) is 0 Å². The van der Waals surface area contributed by atoms with Crippen molar-refractivity contribution >= 4 is 11.3 Å². The average molecular weight is 229 g/mol. The zero-order valence-corrected chi connectivity index (χ0v) is 10.1. The molecule has 0 radical (unpaired) electrons. The van der Waals surface area contributed by atoms with Crippen LogP contribution in [0.2, 0.25) is 0 Å². The Kier molecular flexibility index (Phi) is 5.78. The number of ether oxygens (including phenoxy) is 1. The summed E-state index contributed by atoms with van der Waals surface area (Å²) in [6, 6.07) is 0.140. The van der Waals surface area contributed by atoms with Crippen molar-refractivity contribution in [2.24, 2.45) is 5.84 Å². The smallest absolute Gasteiger partial charge is 0.0941 e. The van der Waals surface area contributed by atoms with E-state index in [9.17, 15) is 0 Å². The molecule has 0 bridgehead atoms. The van der Waals surface area contributed by atoms with Gasteiger partial charge in [0.15, 0.2) is 0 Å². The molecule has 2 atom stereocenters. The number of aromatic nitrogens is 1. The summed E-state index contributed by atoms with van der Waals surface area (Å²) in [5, 5.41) is 3.07. The molecule has 86 valence electrons. The first-order chi connectivity index (χ1) is 7.31. The van der Waals surface area contributed by atoms with E-state index < -0.39 is 0 Å². The van der Waals surface area contributed by atoms with Crippen LogP contribution in [0.15, 0.2) is 11.6 Å². The van der Waals surface area contributed by atoms with Crippen molar-refractivity contribution < 1.29 is 4.74 Å². The van der Waals surface area contributed by atoms with Crippen molar-refractivity contribution in [3.8, 4) is 0 Å². The summed E-state index contributed by atoms with van der Waals surface area (Å²) in [4.78, 5) is 4.25. The van der Waals surface area contributed by atoms with Gasteiger partial charge in [-0.1, -0.05) is 6.92 Å². The molecule has 0 fully saturated rings. The highest BCUT2D eigenvalue weighted by Gasteiger charge is 2.20. The zero-order valence-electron chi connectivity index (χ0n) is 9.27. The fourth-order valence-corrected chi connectivity index (χ4v) is 2.25. The molecule has 1 aromatic rings. The average Bonchev–Trinajstić information content (AvgIpc) is 2.75. The van der Waals surface area contributed by atoms with Crippen LogP contribution >= 0.6 is 11.3 Å². The van der Waals surface area contributed by atoms with Gasteiger partial charge in [-0.05, 0) is 13.3 Å². The van der Waals surface area contributed by atoms with Gasteiger partial charge in [0.2, 0.25) is 0 Å². The van der Waals surface area contributed by atoms with Crippen LogP contribution in [0.3, 0.4) is 0 Å². The molecule has 1 aromatic heterocycles. The van der Waals surface area contributed by atoms with Crippen LogP contribution in [0.25, 0.3) is 0 Å². The molecule has 4 nitrogen and oxygen atoms in total. The predicted octanol–water partition coefficient (Wildman–Crippen LogP) is 1.33. The summed E-state index contributed by atoms with van der Waals surface area (Å²) in [5.74, 6) is 5.54. The van der Waals surface area contributed by atoms with Crippen molar-refractivity contribution in [2.45, 2.75) is 38.8 Å². The number of hydrogen-bond acceptors (Lipinski definition) is 5. The second-order valence-corrected chi connectivity index (χ2v) is 4.28. The molecule has 3 N–H and O–H groups in total. The Bertz CT molecular complexity index is 253. The lowest BCUT2D eigenvalue weighted by Crippen LogP contribution is -2.46. The Morgan fingerprint density at radius 2 is 2.40 bits per heavy atom. The maximum absolute atomic E-state index is 5.63. The topological polar surface area (TPSA) is 60.2 Å². The van der Waals surface area contributed by atoms with Gasteiger partial charge < -0.3 is 4.74 Å². The molecule has 2 unspecified atom stereocenters. The van der Waals surface area contributed by atoms with Crippen LogP contribution in [0.1, 0.15) is 25.3 Å². The molecule has 0 saturated heterocycles. The lowest BCUT2D eigenvalue weighted by Gasteiger charge is -2.24. The standard InChI is InChI=1S/C10H19N3OS/c1-3-9(14-4-2)8(13-11)7-10-12-5-6-15-10/h5-6,8-9,13H,3-4,7,11H2,1-2H3. The Morgan fingerprint density at radius 3 is 2.87 bits per heavy atom. The van der Waals surface area contributed by atoms with Gasteiger partial charge in [-0.25, -0.2) is 4.98 Å². The minimum absolute atomic E-state index is 0.140. The van der Waals surface area contributed by atoms with Crippen LogP contribution < -0.4 is 11.3 Å². The summed E-state index contributed by atoms with van der Waals surface area (Å²) in [7, 11) is 0. The predicted molar refractivity (Wildman–Crippen MR) is 62.6 cm³/mol. The van der Waals surface area contributed by atoms with Gasteiger partial charge in [-0.2, -0.15) is 0 Å². The van der Waals surface area contributed by atoms with Gasteiger partial charge >= 0.3 is 0 Å². The highest BCUT2D eigenvalue weighted by atomic mass is 32.1. The highest BCUT2D eigenvalue weighted by Crippen LogP contribution is 2.12. The van der Waals surface area contributed by atoms with Crippen molar-refractivity contribution in [1.82, 2.24) is 10.4 Å². The molecule has 5 heteroatoms. The number of nitrogens with one attached hydrogen (secondary N) is 1. The van der Waals surface area contributed by atoms with Gasteiger partial charge in [-0.15, -0.1) is 11.3 Å². The van der Waals surface area contributed by atoms with E-state index in [1.807, 2.05) is 18.5 Å². The normalized spacial score (nSPS) is 15.1. The minimum atomic E-state index is 0.140. The van der Waals surface area contributed by atoms with E-state index in [-0.39, 0.29) is 12.1 Å². The number of hydrogen-bond donors (Lipinski definition) is 2. The Morgan fingerprint density at radius 1 is 1.60 bits per heavy atom. The minimum Gasteiger partial charge on any atom is -0.377 e. The van der Waals surface area contributed by atoms with E-state index in [4.69, 9.17) is 10.6 Å². The maximum Gasteiger partial charge on any atom is 0.0941 e. The van der Waals surface area contributed by atoms with Crippen LogP contribution in [-0.4, -0.2) is 23.7 Å². The molecule has 0 aliphatic carbocycles. The monoisotopic (exact) mass is 229 g/mol. The molecule has 0 aromatic carbocycles. The van der Waals surface area contributed by atoms with E-state index in [2.05, 4.69) is 17.3 Å². The van der Waals surface area contributed by atoms with Crippen molar-refractivity contribution in [3.63, 3.8) is 0 Å². The fourth-order valence-electron chi connectivity index (χ4n) is 1.57. The van der Waals surface area contributed by atoms with Crippen molar-refractivity contribution in [1.29, 1.82) is 0 Å². The molecule has 1 heterocycles. The molecule has 0 aliphatic heterocycles. The molecule has 1 rings (SSSR count). The molecule has 0 amide bonds. The summed E-state index contributed by atoms with van der Waals surface area (Å²) >= 11 is 1.65. The number of rotatable bonds is 7. The summed E-state index contributed by atoms with van der Waals surface area (Å²) in [6.07, 6.45) is 3.75. The van der Waals surface area contributed by atoms with E-state index >= 15 is 0 Å². The quantitative estimate of drug-likeness (QED) is 0.547. The Balaban J connectivity index is 2.53. The van der Waals surface area contributed by atoms with Gasteiger partial charge in [-0.3, -0.25) is 11.3 Å². The van der Waals surface area contributed by atoms with Crippen molar-refractivity contribution in [3.05, 3.63) is 16.6 Å². The Labute approximate surface area is 94.8 Å². The lowest BCUT2D eigenvalue weighted by molar-refractivity contribution is 0.0319. The van der Waals surface area contributed by atoms with Crippen molar-refractivity contribution in [2.75, 3.05) is 6.61 Å². The fraction of sp³-hybridized carbons (Fsp3) is 0.700. The second-order valence-electron chi connectivity index (χ2n) is 3.31. The number of nitrogens with two attached hydrogens (primary N) is 1. The summed E-state index contributed by atoms with van der Waals surface area (Å²) in [5.41, 5.74) is 2.82. The highest BCUT2D eigenvalue weighted by molar-refractivity contribution is 7.09. The first-order valence-electron chi connectivity index (χ1n) is 5.27. The van der Waals surface area contributed by atoms with Crippen LogP contribution in [-0.2, 0) is 11.2 Å². The van der Waals surface area contributed by atoms with E-state index in [1.54, 1.807) is 11.3 Å². The zero-order chi connectivity index (χ0) is 11.1. The van der Waals surface area contributed by atoms with Crippen LogP contribution in [0.4, 0.5) is 0 Å². The van der Waals surface area contributed by atoms with Gasteiger partial charge in [0.05, 0.1) is 17.2 Å². The van der Waals surface area contributed by atoms with Crippen LogP contribution in [0.5, 0.6) is 0 Å². The second kappa shape index (κ2) is 6.90. The third kappa shape index (κ3) is 3.87. The SMILES string of the molecule is CCOC(CC)C(Cc1nccs1)NN. The summed E-state index contributed by atoms with van der Waals surface area (Å²) in [6.45, 7) is 4.82. The molecule has 0 saturated carbocycles. The maximum atomic E-state index is 5.63. The first kappa shape index (κ1) is 12.6. The van der Waals surface area contributed by atoms with Gasteiger partial charge in [0, 0.05) is 24.6 Å². The van der Waals surface area contributed by atoms with E-state index in [0.717, 1.165) is 17.8 Å². The Hall–Kier alpha value is -0.490. The number of hydrazine groups is 1. The summed E-state index contributed by atoms with van der Waals surface area (Å²) < 4.78 is 5.63. The third-order valence-electron chi connectivity index (χ3n) is 2.32. The van der Waals surface area contributed by atoms with Crippen LogP contribution in [0, 0.1) is 0 Å². The van der Waals surface area contributed by atoms with E-state index in [0.29, 0.717) is 6.61 Å². The molecular weight excluding hydrogens is 210 g/mol. The lowest BCUT2D eigenvalue weighted by atomic mass is 10.1. The van der Waals surface area contributed by atoms with Gasteiger partial charge in [0.1, 0.15) is 0 Å². The third-order valence-corrected chi connectivity index (χ3v) is 3.13. The van der Waals surface area contributed by atoms with Gasteiger partial charge in [0.25, 0.3) is 0 Å². The molecule has 0 spiro atoms. The molecule has 0 aliphatic rings. The number of thiazole rings is 1. The largest absolute Gasteiger partial charge is 0.377 e. The molecular formula is C10H19N3OS.